The van der Waals surface area contributed by atoms with E-state index in [0.717, 1.165) is 16.9 Å². The lowest BCUT2D eigenvalue weighted by atomic mass is 10.2. The van der Waals surface area contributed by atoms with E-state index in [9.17, 15) is 0 Å². The van der Waals surface area contributed by atoms with Gasteiger partial charge in [-0.1, -0.05) is 0 Å². The number of anilines is 2. The average molecular weight is 177 g/mol. The van der Waals surface area contributed by atoms with Gasteiger partial charge in [0.25, 0.3) is 0 Å². The van der Waals surface area contributed by atoms with Crippen LogP contribution in [0.15, 0.2) is 6.07 Å². The van der Waals surface area contributed by atoms with Crippen LogP contribution >= 0.6 is 0 Å². The van der Waals surface area contributed by atoms with Crippen molar-refractivity contribution in [2.24, 2.45) is 0 Å². The van der Waals surface area contributed by atoms with E-state index in [0.29, 0.717) is 5.65 Å². The smallest absolute Gasteiger partial charge is 0.240 e. The van der Waals surface area contributed by atoms with Crippen molar-refractivity contribution in [1.82, 2.24) is 14.6 Å². The van der Waals surface area contributed by atoms with E-state index in [1.807, 2.05) is 13.8 Å². The van der Waals surface area contributed by atoms with Crippen molar-refractivity contribution in [3.8, 4) is 0 Å². The van der Waals surface area contributed by atoms with Crippen LogP contribution in [0.4, 0.5) is 11.6 Å². The minimum Gasteiger partial charge on any atom is -0.398 e. The zero-order valence-corrected chi connectivity index (χ0v) is 7.57. The van der Waals surface area contributed by atoms with E-state index in [-0.39, 0.29) is 5.95 Å². The van der Waals surface area contributed by atoms with Gasteiger partial charge in [-0.2, -0.15) is 4.98 Å². The number of fused-ring (bicyclic) bond motifs is 1. The number of nitrogens with zero attached hydrogens (tertiary/aromatic N) is 3. The third kappa shape index (κ3) is 1.00. The fraction of sp³-hybridized carbons (Fsp3) is 0.250. The highest BCUT2D eigenvalue weighted by molar-refractivity contribution is 5.59. The van der Waals surface area contributed by atoms with Crippen molar-refractivity contribution in [3.63, 3.8) is 0 Å². The van der Waals surface area contributed by atoms with E-state index < -0.39 is 0 Å². The summed E-state index contributed by atoms with van der Waals surface area (Å²) in [5.74, 6) is 0.271. The monoisotopic (exact) mass is 177 g/mol. The second-order valence-corrected chi connectivity index (χ2v) is 3.05. The van der Waals surface area contributed by atoms with Crippen LogP contribution in [0.3, 0.4) is 0 Å². The van der Waals surface area contributed by atoms with Crippen LogP contribution in [0.5, 0.6) is 0 Å². The van der Waals surface area contributed by atoms with Crippen LogP contribution in [0.25, 0.3) is 5.65 Å². The van der Waals surface area contributed by atoms with Gasteiger partial charge in [0.2, 0.25) is 5.95 Å². The van der Waals surface area contributed by atoms with Gasteiger partial charge in [0.05, 0.1) is 0 Å². The Kier molecular flexibility index (Phi) is 1.42. The standard InChI is InChI=1S/C8H11N5/c1-4-5(2)13-7(3-6(4)9)11-8(10)12-13/h3H,9H2,1-2H3,(H2,10,12). The molecule has 0 bridgehead atoms. The van der Waals surface area contributed by atoms with Gasteiger partial charge in [0.1, 0.15) is 0 Å². The topological polar surface area (TPSA) is 82.2 Å². The largest absolute Gasteiger partial charge is 0.398 e. The van der Waals surface area contributed by atoms with Crippen LogP contribution in [-0.4, -0.2) is 14.6 Å². The number of aromatic nitrogens is 3. The highest BCUT2D eigenvalue weighted by atomic mass is 15.3. The fourth-order valence-electron chi connectivity index (χ4n) is 1.30. The summed E-state index contributed by atoms with van der Waals surface area (Å²) in [7, 11) is 0. The molecule has 2 heterocycles. The Morgan fingerprint density at radius 1 is 1.31 bits per heavy atom. The van der Waals surface area contributed by atoms with Crippen LogP contribution in [0, 0.1) is 13.8 Å². The van der Waals surface area contributed by atoms with E-state index >= 15 is 0 Å². The molecule has 0 unspecified atom stereocenters. The minimum absolute atomic E-state index is 0.271. The first kappa shape index (κ1) is 7.85. The first-order valence-corrected chi connectivity index (χ1v) is 3.97. The molecular weight excluding hydrogens is 166 g/mol. The summed E-state index contributed by atoms with van der Waals surface area (Å²) in [6, 6.07) is 1.77. The molecule has 0 aliphatic carbocycles. The van der Waals surface area contributed by atoms with Crippen LogP contribution in [0.2, 0.25) is 0 Å². The van der Waals surface area contributed by atoms with Gasteiger partial charge in [-0.15, -0.1) is 5.10 Å². The first-order valence-electron chi connectivity index (χ1n) is 3.97. The van der Waals surface area contributed by atoms with Crippen molar-refractivity contribution < 1.29 is 0 Å². The maximum atomic E-state index is 5.77. The molecule has 0 saturated heterocycles. The third-order valence-electron chi connectivity index (χ3n) is 2.23. The highest BCUT2D eigenvalue weighted by Gasteiger charge is 2.07. The summed E-state index contributed by atoms with van der Waals surface area (Å²) in [6.07, 6.45) is 0. The van der Waals surface area contributed by atoms with Gasteiger partial charge in [-0.3, -0.25) is 0 Å². The maximum absolute atomic E-state index is 5.77. The lowest BCUT2D eigenvalue weighted by Crippen LogP contribution is -2.01. The number of aryl methyl sites for hydroxylation is 1. The van der Waals surface area contributed by atoms with Crippen molar-refractivity contribution in [2.45, 2.75) is 13.8 Å². The Balaban J connectivity index is 2.92. The summed E-state index contributed by atoms with van der Waals surface area (Å²) in [5, 5.41) is 4.04. The molecule has 5 nitrogen and oxygen atoms in total. The normalized spacial score (nSPS) is 10.9. The average Bonchev–Trinajstić information content (AvgIpc) is 2.42. The summed E-state index contributed by atoms with van der Waals surface area (Å²) in [5.41, 5.74) is 14.6. The number of hydrogen-bond donors (Lipinski definition) is 2. The first-order chi connectivity index (χ1) is 6.09. The predicted molar refractivity (Wildman–Crippen MR) is 51.3 cm³/mol. The molecule has 0 saturated carbocycles. The van der Waals surface area contributed by atoms with E-state index in [1.54, 1.807) is 10.6 Å². The molecule has 0 atom stereocenters. The maximum Gasteiger partial charge on any atom is 0.240 e. The van der Waals surface area contributed by atoms with Gasteiger partial charge in [-0.25, -0.2) is 4.52 Å². The molecule has 0 fully saturated rings. The molecule has 0 spiro atoms. The molecule has 13 heavy (non-hydrogen) atoms. The Morgan fingerprint density at radius 2 is 2.00 bits per heavy atom. The zero-order valence-electron chi connectivity index (χ0n) is 7.57. The molecule has 2 aromatic rings. The second kappa shape index (κ2) is 2.35. The number of rotatable bonds is 0. The van der Waals surface area contributed by atoms with Gasteiger partial charge in [0.15, 0.2) is 5.65 Å². The Bertz CT molecular complexity index is 471. The molecule has 2 rings (SSSR count). The molecule has 4 N–H and O–H groups in total. The van der Waals surface area contributed by atoms with Crippen molar-refractivity contribution in [2.75, 3.05) is 11.5 Å². The van der Waals surface area contributed by atoms with E-state index in [4.69, 9.17) is 11.5 Å². The summed E-state index contributed by atoms with van der Waals surface area (Å²) in [4.78, 5) is 4.03. The Labute approximate surface area is 75.4 Å². The number of pyridine rings is 1. The van der Waals surface area contributed by atoms with Gasteiger partial charge < -0.3 is 11.5 Å². The van der Waals surface area contributed by atoms with E-state index in [1.165, 1.54) is 0 Å². The Hall–Kier alpha value is -1.78. The van der Waals surface area contributed by atoms with Crippen molar-refractivity contribution >= 4 is 17.3 Å². The van der Waals surface area contributed by atoms with E-state index in [2.05, 4.69) is 10.1 Å². The number of nitrogens with two attached hydrogens (primary N) is 2. The lowest BCUT2D eigenvalue weighted by molar-refractivity contribution is 0.909. The van der Waals surface area contributed by atoms with Crippen LogP contribution < -0.4 is 11.5 Å². The van der Waals surface area contributed by atoms with Gasteiger partial charge in [0, 0.05) is 17.4 Å². The molecule has 0 aliphatic heterocycles. The third-order valence-corrected chi connectivity index (χ3v) is 2.23. The molecule has 5 heteroatoms. The van der Waals surface area contributed by atoms with Crippen LogP contribution in [-0.2, 0) is 0 Å². The second-order valence-electron chi connectivity index (χ2n) is 3.05. The molecular formula is C8H11N5. The van der Waals surface area contributed by atoms with Crippen molar-refractivity contribution in [1.29, 1.82) is 0 Å². The molecule has 0 aliphatic rings. The fourth-order valence-corrected chi connectivity index (χ4v) is 1.30. The highest BCUT2D eigenvalue weighted by Crippen LogP contribution is 2.17. The summed E-state index contributed by atoms with van der Waals surface area (Å²) in [6.45, 7) is 3.88. The van der Waals surface area contributed by atoms with Gasteiger partial charge in [-0.05, 0) is 19.4 Å². The molecule has 0 radical (unpaired) electrons. The molecule has 0 amide bonds. The molecule has 68 valence electrons. The number of nitrogen functional groups attached to an aromatic ring is 2. The number of hydrogen-bond acceptors (Lipinski definition) is 4. The predicted octanol–water partition coefficient (Wildman–Crippen LogP) is 0.511. The molecule has 2 aromatic heterocycles. The van der Waals surface area contributed by atoms with Crippen LogP contribution in [0.1, 0.15) is 11.3 Å². The zero-order chi connectivity index (χ0) is 9.59. The van der Waals surface area contributed by atoms with Gasteiger partial charge >= 0.3 is 0 Å². The van der Waals surface area contributed by atoms with Crippen molar-refractivity contribution in [3.05, 3.63) is 17.3 Å². The quantitative estimate of drug-likeness (QED) is 0.614. The minimum atomic E-state index is 0.271. The SMILES string of the molecule is Cc1c(N)cc2nc(N)nn2c1C. The molecule has 0 aromatic carbocycles. The lowest BCUT2D eigenvalue weighted by Gasteiger charge is -2.04. The summed E-state index contributed by atoms with van der Waals surface area (Å²) < 4.78 is 1.70. The Morgan fingerprint density at radius 3 is 2.69 bits per heavy atom. The summed E-state index contributed by atoms with van der Waals surface area (Å²) >= 11 is 0.